The van der Waals surface area contributed by atoms with E-state index in [-0.39, 0.29) is 24.8 Å². The molecule has 0 saturated heterocycles. The highest BCUT2D eigenvalue weighted by Gasteiger charge is 2.11. The Labute approximate surface area is 105 Å². The number of aliphatic hydroxyl groups excluding tert-OH is 1. The van der Waals surface area contributed by atoms with Crippen molar-refractivity contribution in [3.63, 3.8) is 0 Å². The van der Waals surface area contributed by atoms with E-state index < -0.39 is 5.82 Å². The van der Waals surface area contributed by atoms with Crippen molar-refractivity contribution in [2.24, 2.45) is 0 Å². The fourth-order valence-corrected chi connectivity index (χ4v) is 1.98. The molecule has 0 aliphatic rings. The summed E-state index contributed by atoms with van der Waals surface area (Å²) in [6.45, 7) is 0.0340. The third-order valence-electron chi connectivity index (χ3n) is 2.29. The zero-order chi connectivity index (χ0) is 12.4. The van der Waals surface area contributed by atoms with Crippen LogP contribution >= 0.6 is 15.9 Å². The third-order valence-corrected chi connectivity index (χ3v) is 2.75. The average Bonchev–Trinajstić information content (AvgIpc) is 2.69. The lowest BCUT2D eigenvalue weighted by molar-refractivity contribution is 0.0940. The highest BCUT2D eigenvalue weighted by Crippen LogP contribution is 2.23. The maximum atomic E-state index is 13.6. The Morgan fingerprint density at radius 3 is 2.94 bits per heavy atom. The van der Waals surface area contributed by atoms with Crippen LogP contribution in [-0.4, -0.2) is 29.1 Å². The first-order valence-corrected chi connectivity index (χ1v) is 5.78. The maximum Gasteiger partial charge on any atom is 0.267 e. The standard InChI is InChI=1S/C11H10BrFN2O2/c12-6-3-8(13)7-5-10(15-9(7)4-6)11(17)14-1-2-16/h3-5,15-16H,1-2H2,(H,14,17). The number of carbonyl (C=O) groups is 1. The number of nitrogens with one attached hydrogen (secondary N) is 2. The van der Waals surface area contributed by atoms with Crippen LogP contribution in [0.5, 0.6) is 0 Å². The Kier molecular flexibility index (Phi) is 3.44. The predicted octanol–water partition coefficient (Wildman–Crippen LogP) is 1.79. The molecule has 0 radical (unpaired) electrons. The summed E-state index contributed by atoms with van der Waals surface area (Å²) in [4.78, 5) is 14.4. The van der Waals surface area contributed by atoms with E-state index in [2.05, 4.69) is 26.2 Å². The molecule has 1 aromatic carbocycles. The van der Waals surface area contributed by atoms with Crippen molar-refractivity contribution in [3.8, 4) is 0 Å². The molecule has 0 unspecified atom stereocenters. The van der Waals surface area contributed by atoms with E-state index in [1.54, 1.807) is 6.07 Å². The van der Waals surface area contributed by atoms with Gasteiger partial charge in [-0.2, -0.15) is 0 Å². The molecule has 0 aliphatic heterocycles. The van der Waals surface area contributed by atoms with Gasteiger partial charge in [0, 0.05) is 16.4 Å². The molecule has 0 fully saturated rings. The maximum absolute atomic E-state index is 13.6. The van der Waals surface area contributed by atoms with Crippen LogP contribution < -0.4 is 5.32 Å². The van der Waals surface area contributed by atoms with Crippen molar-refractivity contribution in [3.05, 3.63) is 34.2 Å². The molecule has 0 spiro atoms. The second-order valence-electron chi connectivity index (χ2n) is 3.51. The van der Waals surface area contributed by atoms with Gasteiger partial charge in [-0.05, 0) is 18.2 Å². The van der Waals surface area contributed by atoms with Crippen molar-refractivity contribution in [1.82, 2.24) is 10.3 Å². The number of aromatic nitrogens is 1. The number of fused-ring (bicyclic) bond motifs is 1. The zero-order valence-corrected chi connectivity index (χ0v) is 10.3. The van der Waals surface area contributed by atoms with Crippen LogP contribution in [0.15, 0.2) is 22.7 Å². The number of aliphatic hydroxyl groups is 1. The molecule has 1 heterocycles. The molecule has 0 saturated carbocycles. The quantitative estimate of drug-likeness (QED) is 0.809. The summed E-state index contributed by atoms with van der Waals surface area (Å²) >= 11 is 3.18. The lowest BCUT2D eigenvalue weighted by Gasteiger charge is -1.99. The highest BCUT2D eigenvalue weighted by molar-refractivity contribution is 9.10. The minimum Gasteiger partial charge on any atom is -0.395 e. The minimum atomic E-state index is -0.396. The number of amides is 1. The van der Waals surface area contributed by atoms with E-state index >= 15 is 0 Å². The normalized spacial score (nSPS) is 10.8. The van der Waals surface area contributed by atoms with Crippen molar-refractivity contribution in [2.75, 3.05) is 13.2 Å². The summed E-state index contributed by atoms with van der Waals surface area (Å²) in [6, 6.07) is 4.48. The number of aromatic amines is 1. The van der Waals surface area contributed by atoms with Gasteiger partial charge in [0.25, 0.3) is 5.91 Å². The van der Waals surface area contributed by atoms with Gasteiger partial charge in [0.2, 0.25) is 0 Å². The molecule has 0 atom stereocenters. The largest absolute Gasteiger partial charge is 0.395 e. The van der Waals surface area contributed by atoms with Crippen LogP contribution in [-0.2, 0) is 0 Å². The van der Waals surface area contributed by atoms with E-state index in [0.29, 0.717) is 15.4 Å². The molecule has 2 aromatic rings. The SMILES string of the molecule is O=C(NCCO)c1cc2c(F)cc(Br)cc2[nH]1. The van der Waals surface area contributed by atoms with Gasteiger partial charge in [-0.15, -0.1) is 0 Å². The van der Waals surface area contributed by atoms with Crippen LogP contribution in [0.2, 0.25) is 0 Å². The highest BCUT2D eigenvalue weighted by atomic mass is 79.9. The third kappa shape index (κ3) is 2.48. The first-order valence-electron chi connectivity index (χ1n) is 4.98. The molecule has 1 aromatic heterocycles. The number of rotatable bonds is 3. The molecule has 17 heavy (non-hydrogen) atoms. The fourth-order valence-electron chi connectivity index (χ4n) is 1.55. The summed E-state index contributed by atoms with van der Waals surface area (Å²) in [6.07, 6.45) is 0. The smallest absolute Gasteiger partial charge is 0.267 e. The van der Waals surface area contributed by atoms with Gasteiger partial charge in [0.1, 0.15) is 11.5 Å². The van der Waals surface area contributed by atoms with Crippen molar-refractivity contribution in [1.29, 1.82) is 0 Å². The van der Waals surface area contributed by atoms with Crippen molar-refractivity contribution in [2.45, 2.75) is 0 Å². The van der Waals surface area contributed by atoms with Crippen LogP contribution in [0.25, 0.3) is 10.9 Å². The molecule has 90 valence electrons. The summed E-state index contributed by atoms with van der Waals surface area (Å²) in [5.74, 6) is -0.766. The topological polar surface area (TPSA) is 65.1 Å². The summed E-state index contributed by atoms with van der Waals surface area (Å²) in [5, 5.41) is 11.4. The van der Waals surface area contributed by atoms with Crippen molar-refractivity contribution >= 4 is 32.7 Å². The molecule has 2 rings (SSSR count). The van der Waals surface area contributed by atoms with Gasteiger partial charge < -0.3 is 15.4 Å². The Hall–Kier alpha value is -1.40. The fraction of sp³-hybridized carbons (Fsp3) is 0.182. The number of carbonyl (C=O) groups excluding carboxylic acids is 1. The number of benzene rings is 1. The van der Waals surface area contributed by atoms with Crippen molar-refractivity contribution < 1.29 is 14.3 Å². The molecular formula is C11H10BrFN2O2. The molecule has 3 N–H and O–H groups in total. The Morgan fingerprint density at radius 2 is 2.24 bits per heavy atom. The molecule has 0 aliphatic carbocycles. The number of H-pyrrole nitrogens is 1. The average molecular weight is 301 g/mol. The summed E-state index contributed by atoms with van der Waals surface area (Å²) in [5.41, 5.74) is 0.816. The van der Waals surface area contributed by atoms with Gasteiger partial charge in [0.15, 0.2) is 0 Å². The van der Waals surface area contributed by atoms with Gasteiger partial charge >= 0.3 is 0 Å². The van der Waals surface area contributed by atoms with Gasteiger partial charge in [-0.3, -0.25) is 4.79 Å². The summed E-state index contributed by atoms with van der Waals surface area (Å²) < 4.78 is 14.2. The van der Waals surface area contributed by atoms with Gasteiger partial charge in [-0.25, -0.2) is 4.39 Å². The van der Waals surface area contributed by atoms with Gasteiger partial charge in [-0.1, -0.05) is 15.9 Å². The second kappa shape index (κ2) is 4.85. The van der Waals surface area contributed by atoms with E-state index in [1.807, 2.05) is 0 Å². The van der Waals surface area contributed by atoms with Crippen LogP contribution in [0.1, 0.15) is 10.5 Å². The Morgan fingerprint density at radius 1 is 1.47 bits per heavy atom. The lowest BCUT2D eigenvalue weighted by atomic mass is 10.2. The monoisotopic (exact) mass is 300 g/mol. The molecule has 0 bridgehead atoms. The van der Waals surface area contributed by atoms with Crippen LogP contribution in [0, 0.1) is 5.82 Å². The molecule has 1 amide bonds. The first kappa shape index (κ1) is 12.1. The first-order chi connectivity index (χ1) is 8.11. The van der Waals surface area contributed by atoms with E-state index in [4.69, 9.17) is 5.11 Å². The predicted molar refractivity (Wildman–Crippen MR) is 65.4 cm³/mol. The van der Waals surface area contributed by atoms with Crippen LogP contribution in [0.4, 0.5) is 4.39 Å². The number of halogens is 2. The minimum absolute atomic E-state index is 0.133. The zero-order valence-electron chi connectivity index (χ0n) is 8.76. The number of hydrogen-bond acceptors (Lipinski definition) is 2. The second-order valence-corrected chi connectivity index (χ2v) is 4.43. The lowest BCUT2D eigenvalue weighted by Crippen LogP contribution is -2.26. The van der Waals surface area contributed by atoms with E-state index in [1.165, 1.54) is 12.1 Å². The van der Waals surface area contributed by atoms with Crippen LogP contribution in [0.3, 0.4) is 0 Å². The molecular weight excluding hydrogens is 291 g/mol. The van der Waals surface area contributed by atoms with E-state index in [9.17, 15) is 9.18 Å². The van der Waals surface area contributed by atoms with Gasteiger partial charge in [0.05, 0.1) is 12.1 Å². The Bertz CT molecular complexity index is 568. The molecule has 4 nitrogen and oxygen atoms in total. The summed E-state index contributed by atoms with van der Waals surface area (Å²) in [7, 11) is 0. The van der Waals surface area contributed by atoms with E-state index in [0.717, 1.165) is 0 Å². The molecule has 6 heteroatoms. The Balaban J connectivity index is 2.37. The number of hydrogen-bond donors (Lipinski definition) is 3.